The van der Waals surface area contributed by atoms with E-state index in [9.17, 15) is 13.2 Å². The Labute approximate surface area is 125 Å². The van der Waals surface area contributed by atoms with Gasteiger partial charge in [0.2, 0.25) is 5.91 Å². The minimum atomic E-state index is -2.93. The number of hydrogen-bond donors (Lipinski definition) is 2. The molecule has 1 aliphatic heterocycles. The Bertz CT molecular complexity index is 616. The van der Waals surface area contributed by atoms with Crippen LogP contribution in [-0.4, -0.2) is 50.4 Å². The number of nitrogens with one attached hydrogen (secondary N) is 1. The molecule has 116 valence electrons. The maximum atomic E-state index is 12.0. The summed E-state index contributed by atoms with van der Waals surface area (Å²) in [6.45, 7) is 0.594. The molecule has 2 rings (SSSR count). The van der Waals surface area contributed by atoms with Crippen LogP contribution in [-0.2, 0) is 21.2 Å². The molecule has 21 heavy (non-hydrogen) atoms. The molecule has 1 aromatic rings. The fourth-order valence-corrected chi connectivity index (χ4v) is 4.26. The Morgan fingerprint density at radius 1 is 1.48 bits per heavy atom. The highest BCUT2D eigenvalue weighted by molar-refractivity contribution is 7.91. The summed E-state index contributed by atoms with van der Waals surface area (Å²) in [5.74, 6) is 0.192. The van der Waals surface area contributed by atoms with Gasteiger partial charge in [0.25, 0.3) is 0 Å². The molecule has 1 aliphatic rings. The van der Waals surface area contributed by atoms with Crippen LogP contribution in [0.4, 0.5) is 5.69 Å². The summed E-state index contributed by atoms with van der Waals surface area (Å²) in [4.78, 5) is 13.8. The molecule has 1 unspecified atom stereocenters. The predicted molar refractivity (Wildman–Crippen MR) is 82.7 cm³/mol. The second-order valence-electron chi connectivity index (χ2n) is 5.42. The molecule has 0 spiro atoms. The number of sulfone groups is 1. The maximum absolute atomic E-state index is 12.0. The van der Waals surface area contributed by atoms with E-state index < -0.39 is 9.84 Å². The summed E-state index contributed by atoms with van der Waals surface area (Å²) in [6, 6.07) is 7.29. The first-order chi connectivity index (χ1) is 9.89. The van der Waals surface area contributed by atoms with Gasteiger partial charge in [-0.05, 0) is 31.2 Å². The average Bonchev–Trinajstić information content (AvgIpc) is 2.79. The van der Waals surface area contributed by atoms with Gasteiger partial charge in [0.15, 0.2) is 9.84 Å². The molecule has 1 atom stereocenters. The lowest BCUT2D eigenvalue weighted by atomic mass is 10.2. The third kappa shape index (κ3) is 4.52. The van der Waals surface area contributed by atoms with Crippen molar-refractivity contribution in [2.24, 2.45) is 5.73 Å². The molecule has 3 N–H and O–H groups in total. The zero-order valence-electron chi connectivity index (χ0n) is 12.1. The van der Waals surface area contributed by atoms with E-state index in [1.807, 2.05) is 18.2 Å². The highest BCUT2D eigenvalue weighted by atomic mass is 32.2. The van der Waals surface area contributed by atoms with Gasteiger partial charge in [0.05, 0.1) is 18.1 Å². The van der Waals surface area contributed by atoms with E-state index in [4.69, 9.17) is 5.73 Å². The Morgan fingerprint density at radius 2 is 2.24 bits per heavy atom. The highest BCUT2D eigenvalue weighted by Crippen LogP contribution is 2.16. The van der Waals surface area contributed by atoms with Crippen LogP contribution in [0.3, 0.4) is 0 Å². The van der Waals surface area contributed by atoms with E-state index in [0.717, 1.165) is 5.56 Å². The van der Waals surface area contributed by atoms with Crippen LogP contribution >= 0.6 is 0 Å². The first-order valence-corrected chi connectivity index (χ1v) is 8.71. The Kier molecular flexibility index (Phi) is 4.97. The Hall–Kier alpha value is -1.44. The maximum Gasteiger partial charge on any atom is 0.238 e. The number of anilines is 1. The summed E-state index contributed by atoms with van der Waals surface area (Å²) >= 11 is 0. The zero-order chi connectivity index (χ0) is 15.5. The van der Waals surface area contributed by atoms with Gasteiger partial charge in [-0.1, -0.05) is 12.1 Å². The molecule has 1 fully saturated rings. The lowest BCUT2D eigenvalue weighted by Crippen LogP contribution is -2.38. The predicted octanol–water partition coefficient (Wildman–Crippen LogP) is 0.203. The van der Waals surface area contributed by atoms with Crippen LogP contribution in [0, 0.1) is 0 Å². The van der Waals surface area contributed by atoms with Crippen LogP contribution < -0.4 is 11.1 Å². The van der Waals surface area contributed by atoms with Gasteiger partial charge in [0, 0.05) is 18.3 Å². The molecule has 0 radical (unpaired) electrons. The third-order valence-electron chi connectivity index (χ3n) is 3.67. The molecular weight excluding hydrogens is 290 g/mol. The Balaban J connectivity index is 1.89. The number of rotatable bonds is 5. The smallest absolute Gasteiger partial charge is 0.238 e. The van der Waals surface area contributed by atoms with Crippen molar-refractivity contribution in [3.63, 3.8) is 0 Å². The van der Waals surface area contributed by atoms with Crippen molar-refractivity contribution in [1.29, 1.82) is 0 Å². The van der Waals surface area contributed by atoms with Gasteiger partial charge >= 0.3 is 0 Å². The van der Waals surface area contributed by atoms with Gasteiger partial charge in [-0.3, -0.25) is 9.69 Å². The van der Waals surface area contributed by atoms with Crippen LogP contribution in [0.1, 0.15) is 12.0 Å². The minimum absolute atomic E-state index is 0.0730. The monoisotopic (exact) mass is 311 g/mol. The van der Waals surface area contributed by atoms with E-state index in [2.05, 4.69) is 5.32 Å². The molecule has 0 aliphatic carbocycles. The van der Waals surface area contributed by atoms with Crippen molar-refractivity contribution in [2.45, 2.75) is 19.0 Å². The fraction of sp³-hybridized carbons (Fsp3) is 0.500. The quantitative estimate of drug-likeness (QED) is 0.810. The van der Waals surface area contributed by atoms with Crippen LogP contribution in [0.15, 0.2) is 24.3 Å². The van der Waals surface area contributed by atoms with Crippen molar-refractivity contribution in [3.05, 3.63) is 29.8 Å². The largest absolute Gasteiger partial charge is 0.326 e. The second kappa shape index (κ2) is 6.55. The lowest BCUT2D eigenvalue weighted by molar-refractivity contribution is -0.117. The molecule has 7 heteroatoms. The van der Waals surface area contributed by atoms with Crippen molar-refractivity contribution in [3.8, 4) is 0 Å². The summed E-state index contributed by atoms with van der Waals surface area (Å²) in [5.41, 5.74) is 7.21. The number of carbonyl (C=O) groups excluding carboxylic acids is 1. The molecule has 1 amide bonds. The number of benzene rings is 1. The molecule has 6 nitrogen and oxygen atoms in total. The van der Waals surface area contributed by atoms with Crippen LogP contribution in [0.5, 0.6) is 0 Å². The average molecular weight is 311 g/mol. The van der Waals surface area contributed by atoms with E-state index in [1.54, 1.807) is 18.0 Å². The number of nitrogens with two attached hydrogens (primary N) is 1. The fourth-order valence-electron chi connectivity index (χ4n) is 2.46. The topological polar surface area (TPSA) is 92.5 Å². The Morgan fingerprint density at radius 3 is 2.86 bits per heavy atom. The third-order valence-corrected chi connectivity index (χ3v) is 5.42. The lowest BCUT2D eigenvalue weighted by Gasteiger charge is -2.22. The second-order valence-corrected chi connectivity index (χ2v) is 7.65. The molecule has 0 saturated carbocycles. The van der Waals surface area contributed by atoms with E-state index in [1.165, 1.54) is 0 Å². The van der Waals surface area contributed by atoms with E-state index in [0.29, 0.717) is 18.7 Å². The minimum Gasteiger partial charge on any atom is -0.326 e. The van der Waals surface area contributed by atoms with Crippen LogP contribution in [0.25, 0.3) is 0 Å². The molecular formula is C14H21N3O3S. The van der Waals surface area contributed by atoms with Gasteiger partial charge < -0.3 is 11.1 Å². The molecule has 1 heterocycles. The molecule has 0 aromatic heterocycles. The van der Waals surface area contributed by atoms with Gasteiger partial charge in [-0.2, -0.15) is 0 Å². The highest BCUT2D eigenvalue weighted by Gasteiger charge is 2.31. The summed E-state index contributed by atoms with van der Waals surface area (Å²) in [6.07, 6.45) is 0.592. The van der Waals surface area contributed by atoms with E-state index >= 15 is 0 Å². The summed E-state index contributed by atoms with van der Waals surface area (Å²) < 4.78 is 22.9. The molecule has 0 bridgehead atoms. The zero-order valence-corrected chi connectivity index (χ0v) is 12.9. The van der Waals surface area contributed by atoms with Gasteiger partial charge in [-0.15, -0.1) is 0 Å². The number of likely N-dealkylation sites (N-methyl/N-ethyl adjacent to an activating group) is 1. The summed E-state index contributed by atoms with van der Waals surface area (Å²) in [5, 5.41) is 2.81. The number of amides is 1. The van der Waals surface area contributed by atoms with Crippen molar-refractivity contribution >= 4 is 21.4 Å². The van der Waals surface area contributed by atoms with Crippen molar-refractivity contribution in [1.82, 2.24) is 4.90 Å². The van der Waals surface area contributed by atoms with E-state index in [-0.39, 0.29) is 30.0 Å². The van der Waals surface area contributed by atoms with Crippen molar-refractivity contribution in [2.75, 3.05) is 30.4 Å². The van der Waals surface area contributed by atoms with Gasteiger partial charge in [-0.25, -0.2) is 8.42 Å². The van der Waals surface area contributed by atoms with Crippen LogP contribution in [0.2, 0.25) is 0 Å². The number of nitrogens with zero attached hydrogens (tertiary/aromatic N) is 1. The first kappa shape index (κ1) is 15.9. The molecule has 1 aromatic carbocycles. The van der Waals surface area contributed by atoms with Gasteiger partial charge in [0.1, 0.15) is 0 Å². The SMILES string of the molecule is CN(CC(=O)Nc1cccc(CN)c1)C1CCS(=O)(=O)C1. The van der Waals surface area contributed by atoms with Crippen molar-refractivity contribution < 1.29 is 13.2 Å². The molecule has 1 saturated heterocycles. The standard InChI is InChI=1S/C14H21N3O3S/c1-17(13-5-6-21(19,20)10-13)9-14(18)16-12-4-2-3-11(7-12)8-15/h2-4,7,13H,5-6,8-10,15H2,1H3,(H,16,18). The summed E-state index contributed by atoms with van der Waals surface area (Å²) in [7, 11) is -1.15. The number of carbonyl (C=O) groups is 1. The first-order valence-electron chi connectivity index (χ1n) is 6.89. The number of hydrogen-bond acceptors (Lipinski definition) is 5. The normalized spacial score (nSPS) is 20.6.